The molecule has 0 spiro atoms. The Balaban J connectivity index is 1.45. The summed E-state index contributed by atoms with van der Waals surface area (Å²) in [4.78, 5) is 9.32. The zero-order valence-corrected chi connectivity index (χ0v) is 20.8. The monoisotopic (exact) mass is 458 g/mol. The van der Waals surface area contributed by atoms with E-state index in [2.05, 4.69) is 48.1 Å². The van der Waals surface area contributed by atoms with Crippen LogP contribution in [0.2, 0.25) is 0 Å². The number of rotatable bonds is 14. The van der Waals surface area contributed by atoms with Gasteiger partial charge in [0.25, 0.3) is 0 Å². The van der Waals surface area contributed by atoms with Gasteiger partial charge in [0.1, 0.15) is 11.0 Å². The van der Waals surface area contributed by atoms with E-state index in [0.717, 1.165) is 45.8 Å². The summed E-state index contributed by atoms with van der Waals surface area (Å²) in [6, 6.07) is 8.15. The third-order valence-electron chi connectivity index (χ3n) is 6.40. The number of benzene rings is 2. The zero-order chi connectivity index (χ0) is 23.6. The third kappa shape index (κ3) is 6.16. The summed E-state index contributed by atoms with van der Waals surface area (Å²) in [6.07, 6.45) is 23.4. The standard InChI is InChI=1S/C30H38N2O2/c1-3-5-7-9-11-13-15-17-27-31-25-21-19-24-23(29(25)33-27)20-22-26-30(24)34-28(32-26)18-16-14-12-10-8-6-4-2/h15-22H,3-14H2,1-2H3/b17-15+,18-16+. The van der Waals surface area contributed by atoms with E-state index in [1.54, 1.807) is 0 Å². The number of aromatic nitrogens is 2. The second-order valence-electron chi connectivity index (χ2n) is 9.24. The lowest BCUT2D eigenvalue weighted by atomic mass is 10.1. The Morgan fingerprint density at radius 3 is 1.47 bits per heavy atom. The Morgan fingerprint density at radius 1 is 0.588 bits per heavy atom. The summed E-state index contributed by atoms with van der Waals surface area (Å²) >= 11 is 0. The predicted octanol–water partition coefficient (Wildman–Crippen LogP) is 9.87. The Hall–Kier alpha value is -2.88. The minimum atomic E-state index is 0.663. The van der Waals surface area contributed by atoms with E-state index in [9.17, 15) is 0 Å². The van der Waals surface area contributed by atoms with Crippen LogP contribution in [0, 0.1) is 0 Å². The molecule has 2 aromatic heterocycles. The highest BCUT2D eigenvalue weighted by Crippen LogP contribution is 2.32. The van der Waals surface area contributed by atoms with Crippen molar-refractivity contribution in [2.75, 3.05) is 0 Å². The van der Waals surface area contributed by atoms with Gasteiger partial charge in [0.05, 0.1) is 0 Å². The molecule has 0 aliphatic heterocycles. The first-order chi connectivity index (χ1) is 16.8. The number of allylic oxidation sites excluding steroid dienone is 2. The van der Waals surface area contributed by atoms with E-state index in [-0.39, 0.29) is 0 Å². The molecule has 0 amide bonds. The second-order valence-corrected chi connectivity index (χ2v) is 9.24. The minimum absolute atomic E-state index is 0.663. The summed E-state index contributed by atoms with van der Waals surface area (Å²) in [5, 5.41) is 2.03. The molecule has 4 nitrogen and oxygen atoms in total. The smallest absolute Gasteiger partial charge is 0.219 e. The minimum Gasteiger partial charge on any atom is -0.436 e. The molecular formula is C30H38N2O2. The molecule has 4 rings (SSSR count). The molecule has 0 fully saturated rings. The van der Waals surface area contributed by atoms with Gasteiger partial charge >= 0.3 is 0 Å². The van der Waals surface area contributed by atoms with Crippen molar-refractivity contribution in [2.45, 2.75) is 90.9 Å². The number of hydrogen-bond donors (Lipinski definition) is 0. The summed E-state index contributed by atoms with van der Waals surface area (Å²) in [6.45, 7) is 4.50. The molecule has 0 bridgehead atoms. The molecule has 0 unspecified atom stereocenters. The largest absolute Gasteiger partial charge is 0.436 e. The summed E-state index contributed by atoms with van der Waals surface area (Å²) in [7, 11) is 0. The van der Waals surface area contributed by atoms with Gasteiger partial charge in [0, 0.05) is 10.8 Å². The van der Waals surface area contributed by atoms with Crippen molar-refractivity contribution in [1.29, 1.82) is 0 Å². The molecule has 0 radical (unpaired) electrons. The van der Waals surface area contributed by atoms with E-state index in [4.69, 9.17) is 8.83 Å². The number of fused-ring (bicyclic) bond motifs is 5. The molecular weight excluding hydrogens is 420 g/mol. The van der Waals surface area contributed by atoms with Gasteiger partial charge in [-0.05, 0) is 62.1 Å². The first-order valence-electron chi connectivity index (χ1n) is 13.3. The molecule has 0 saturated heterocycles. The molecule has 0 saturated carbocycles. The Bertz CT molecular complexity index is 1150. The van der Waals surface area contributed by atoms with E-state index in [0.29, 0.717) is 11.8 Å². The molecule has 180 valence electrons. The first-order valence-corrected chi connectivity index (χ1v) is 13.3. The van der Waals surface area contributed by atoms with Gasteiger partial charge < -0.3 is 8.83 Å². The Kier molecular flexibility index (Phi) is 8.95. The fraction of sp³-hybridized carbons (Fsp3) is 0.467. The van der Waals surface area contributed by atoms with Crippen molar-refractivity contribution in [3.05, 3.63) is 48.2 Å². The van der Waals surface area contributed by atoms with E-state index < -0.39 is 0 Å². The van der Waals surface area contributed by atoms with Crippen LogP contribution in [0.25, 0.3) is 45.1 Å². The molecule has 4 aromatic rings. The van der Waals surface area contributed by atoms with Gasteiger partial charge in [0.15, 0.2) is 11.2 Å². The summed E-state index contributed by atoms with van der Waals surface area (Å²) in [5.74, 6) is 1.33. The molecule has 34 heavy (non-hydrogen) atoms. The fourth-order valence-electron chi connectivity index (χ4n) is 4.45. The number of oxazole rings is 2. The predicted molar refractivity (Wildman–Crippen MR) is 144 cm³/mol. The topological polar surface area (TPSA) is 52.1 Å². The van der Waals surface area contributed by atoms with Crippen LogP contribution in [0.15, 0.2) is 45.3 Å². The maximum atomic E-state index is 6.13. The molecule has 0 aliphatic rings. The number of hydrogen-bond acceptors (Lipinski definition) is 4. The fourth-order valence-corrected chi connectivity index (χ4v) is 4.45. The highest BCUT2D eigenvalue weighted by molar-refractivity contribution is 6.12. The van der Waals surface area contributed by atoms with Crippen molar-refractivity contribution >= 4 is 45.1 Å². The van der Waals surface area contributed by atoms with Gasteiger partial charge in [-0.3, -0.25) is 0 Å². The molecule has 0 atom stereocenters. The quantitative estimate of drug-likeness (QED) is 0.176. The first kappa shape index (κ1) is 24.3. The number of nitrogens with zero attached hydrogens (tertiary/aromatic N) is 2. The van der Waals surface area contributed by atoms with Crippen molar-refractivity contribution in [3.63, 3.8) is 0 Å². The highest BCUT2D eigenvalue weighted by atomic mass is 16.4. The average Bonchev–Trinajstić information content (AvgIpc) is 3.46. The van der Waals surface area contributed by atoms with Gasteiger partial charge in [-0.25, -0.2) is 9.97 Å². The SMILES string of the molecule is CCCCCCC/C=C/c1nc2ccc3c(ccc4nc(/C=C/CCCCCCC)oc43)c2o1. The lowest BCUT2D eigenvalue weighted by molar-refractivity contribution is 0.589. The lowest BCUT2D eigenvalue weighted by Crippen LogP contribution is -1.76. The van der Waals surface area contributed by atoms with Crippen LogP contribution >= 0.6 is 0 Å². The zero-order valence-electron chi connectivity index (χ0n) is 20.8. The normalized spacial score (nSPS) is 12.4. The van der Waals surface area contributed by atoms with Crippen molar-refractivity contribution < 1.29 is 8.83 Å². The van der Waals surface area contributed by atoms with Crippen molar-refractivity contribution in [1.82, 2.24) is 9.97 Å². The average molecular weight is 459 g/mol. The van der Waals surface area contributed by atoms with E-state index in [1.165, 1.54) is 64.2 Å². The van der Waals surface area contributed by atoms with Crippen LogP contribution in [-0.2, 0) is 0 Å². The van der Waals surface area contributed by atoms with E-state index in [1.807, 2.05) is 24.3 Å². The Morgan fingerprint density at radius 2 is 1.03 bits per heavy atom. The van der Waals surface area contributed by atoms with E-state index >= 15 is 0 Å². The molecule has 0 N–H and O–H groups in total. The lowest BCUT2D eigenvalue weighted by Gasteiger charge is -1.97. The maximum absolute atomic E-state index is 6.13. The van der Waals surface area contributed by atoms with Crippen LogP contribution in [0.3, 0.4) is 0 Å². The van der Waals surface area contributed by atoms with Crippen molar-refractivity contribution in [3.8, 4) is 0 Å². The summed E-state index contributed by atoms with van der Waals surface area (Å²) in [5.41, 5.74) is 3.36. The van der Waals surface area contributed by atoms with Crippen LogP contribution in [-0.4, -0.2) is 9.97 Å². The van der Waals surface area contributed by atoms with Gasteiger partial charge in [-0.1, -0.05) is 77.4 Å². The third-order valence-corrected chi connectivity index (χ3v) is 6.40. The van der Waals surface area contributed by atoms with Crippen LogP contribution < -0.4 is 0 Å². The summed E-state index contributed by atoms with van der Waals surface area (Å²) < 4.78 is 12.3. The number of unbranched alkanes of at least 4 members (excludes halogenated alkanes) is 10. The maximum Gasteiger partial charge on any atom is 0.219 e. The van der Waals surface area contributed by atoms with Crippen LogP contribution in [0.4, 0.5) is 0 Å². The van der Waals surface area contributed by atoms with Crippen molar-refractivity contribution in [2.24, 2.45) is 0 Å². The van der Waals surface area contributed by atoms with Gasteiger partial charge in [-0.15, -0.1) is 0 Å². The Labute approximate surface area is 203 Å². The molecule has 2 aromatic carbocycles. The van der Waals surface area contributed by atoms with Gasteiger partial charge in [-0.2, -0.15) is 0 Å². The molecule has 0 aliphatic carbocycles. The van der Waals surface area contributed by atoms with Gasteiger partial charge in [0.2, 0.25) is 11.8 Å². The van der Waals surface area contributed by atoms with Crippen LogP contribution in [0.1, 0.15) is 103 Å². The molecule has 2 heterocycles. The second kappa shape index (κ2) is 12.5. The highest BCUT2D eigenvalue weighted by Gasteiger charge is 2.13. The molecule has 4 heteroatoms. The van der Waals surface area contributed by atoms with Crippen LogP contribution in [0.5, 0.6) is 0 Å².